The van der Waals surface area contributed by atoms with Gasteiger partial charge >= 0.3 is 0 Å². The number of aryl methyl sites for hydroxylation is 1. The predicted octanol–water partition coefficient (Wildman–Crippen LogP) is 5.19. The van der Waals surface area contributed by atoms with Gasteiger partial charge in [0.25, 0.3) is 0 Å². The zero-order valence-corrected chi connectivity index (χ0v) is 19.7. The molecule has 184 valence electrons. The Kier molecular flexibility index (Phi) is 6.98. The number of benzene rings is 2. The summed E-state index contributed by atoms with van der Waals surface area (Å²) in [4.78, 5) is 5.94. The third kappa shape index (κ3) is 4.95. The number of hydrogen-bond acceptors (Lipinski definition) is 4. The van der Waals surface area contributed by atoms with Gasteiger partial charge in [-0.05, 0) is 73.7 Å². The van der Waals surface area contributed by atoms with Crippen molar-refractivity contribution in [1.82, 2.24) is 14.5 Å². The Morgan fingerprint density at radius 3 is 2.49 bits per heavy atom. The second kappa shape index (κ2) is 9.95. The summed E-state index contributed by atoms with van der Waals surface area (Å²) in [5.74, 6) is -3.46. The lowest BCUT2D eigenvalue weighted by Crippen LogP contribution is -2.41. The molecule has 0 aliphatic carbocycles. The van der Waals surface area contributed by atoms with Crippen LogP contribution >= 0.6 is 0 Å². The van der Waals surface area contributed by atoms with Crippen LogP contribution in [-0.2, 0) is 0 Å². The van der Waals surface area contributed by atoms with Crippen LogP contribution in [0.25, 0.3) is 11.3 Å². The first-order valence-electron chi connectivity index (χ1n) is 11.3. The predicted molar refractivity (Wildman–Crippen MR) is 127 cm³/mol. The fourth-order valence-electron chi connectivity index (χ4n) is 4.37. The maximum Gasteiger partial charge on any atom is 0.194 e. The molecule has 2 atom stereocenters. The molecule has 2 N–H and O–H groups in total. The van der Waals surface area contributed by atoms with Gasteiger partial charge in [-0.3, -0.25) is 5.41 Å². The molecule has 4 rings (SSSR count). The SMILES string of the molecule is COc1cc(C2=CC(=N)N(C(C)C(O)c3cc(F)c(F)c(F)c3)CCC2)ccc1-n1cnc(C)c1. The van der Waals surface area contributed by atoms with Crippen LogP contribution in [0.4, 0.5) is 13.2 Å². The molecule has 0 saturated carbocycles. The van der Waals surface area contributed by atoms with Crippen molar-refractivity contribution in [3.8, 4) is 11.4 Å². The minimum Gasteiger partial charge on any atom is -0.495 e. The molecule has 0 bridgehead atoms. The molecule has 0 fully saturated rings. The number of rotatable bonds is 6. The molecule has 3 aromatic rings. The normalized spacial score (nSPS) is 16.0. The van der Waals surface area contributed by atoms with E-state index in [-0.39, 0.29) is 11.4 Å². The Morgan fingerprint density at radius 1 is 1.14 bits per heavy atom. The third-order valence-electron chi connectivity index (χ3n) is 6.30. The number of amidine groups is 1. The van der Waals surface area contributed by atoms with Gasteiger partial charge in [-0.15, -0.1) is 0 Å². The molecule has 1 aliphatic heterocycles. The van der Waals surface area contributed by atoms with E-state index in [4.69, 9.17) is 10.1 Å². The van der Waals surface area contributed by atoms with E-state index in [1.807, 2.05) is 35.9 Å². The number of halogens is 3. The molecule has 2 aromatic carbocycles. The van der Waals surface area contributed by atoms with Crippen LogP contribution in [0.3, 0.4) is 0 Å². The van der Waals surface area contributed by atoms with E-state index in [0.717, 1.165) is 34.7 Å². The van der Waals surface area contributed by atoms with Gasteiger partial charge < -0.3 is 19.3 Å². The maximum atomic E-state index is 13.7. The second-order valence-corrected chi connectivity index (χ2v) is 8.64. The topological polar surface area (TPSA) is 74.4 Å². The van der Waals surface area contributed by atoms with E-state index in [2.05, 4.69) is 4.98 Å². The number of hydrogen-bond donors (Lipinski definition) is 2. The van der Waals surface area contributed by atoms with Gasteiger partial charge in [0.2, 0.25) is 0 Å². The molecule has 0 spiro atoms. The highest BCUT2D eigenvalue weighted by Gasteiger charge is 2.28. The van der Waals surface area contributed by atoms with E-state index in [9.17, 15) is 18.3 Å². The molecule has 1 aromatic heterocycles. The molecule has 9 heteroatoms. The Labute approximate surface area is 201 Å². The Morgan fingerprint density at radius 2 is 1.86 bits per heavy atom. The van der Waals surface area contributed by atoms with Gasteiger partial charge in [0.15, 0.2) is 17.5 Å². The standard InChI is InChI=1S/C26H27F3N4O2/c1-15-13-32(14-31-15)22-7-6-18(11-23(22)35-3)17-5-4-8-33(24(30)12-17)16(2)26(34)19-9-20(27)25(29)21(28)10-19/h6-7,9-14,16,26,30,34H,4-5,8H2,1-3H3. The van der Waals surface area contributed by atoms with Crippen LogP contribution in [0.5, 0.6) is 5.75 Å². The molecule has 0 amide bonds. The summed E-state index contributed by atoms with van der Waals surface area (Å²) in [5.41, 5.74) is 3.50. The largest absolute Gasteiger partial charge is 0.495 e. The smallest absolute Gasteiger partial charge is 0.194 e. The van der Waals surface area contributed by atoms with Gasteiger partial charge in [0, 0.05) is 12.7 Å². The fraction of sp³-hybridized carbons (Fsp3) is 0.308. The molecule has 35 heavy (non-hydrogen) atoms. The lowest BCUT2D eigenvalue weighted by atomic mass is 10.0. The number of allylic oxidation sites excluding steroid dienone is 1. The van der Waals surface area contributed by atoms with Crippen LogP contribution < -0.4 is 4.74 Å². The summed E-state index contributed by atoms with van der Waals surface area (Å²) < 4.78 is 48.2. The van der Waals surface area contributed by atoms with Gasteiger partial charge in [-0.2, -0.15) is 0 Å². The number of ether oxygens (including phenoxy) is 1. The van der Waals surface area contributed by atoms with Crippen LogP contribution in [0, 0.1) is 29.8 Å². The van der Waals surface area contributed by atoms with E-state index in [0.29, 0.717) is 25.1 Å². The van der Waals surface area contributed by atoms with Gasteiger partial charge in [0.1, 0.15) is 11.6 Å². The first kappa shape index (κ1) is 24.5. The van der Waals surface area contributed by atoms with Gasteiger partial charge in [0.05, 0.1) is 37.0 Å². The number of nitrogens with zero attached hydrogens (tertiary/aromatic N) is 3. The van der Waals surface area contributed by atoms with E-state index in [1.54, 1.807) is 31.3 Å². The maximum absolute atomic E-state index is 13.7. The lowest BCUT2D eigenvalue weighted by molar-refractivity contribution is 0.0926. The number of imidazole rings is 1. The van der Waals surface area contributed by atoms with Crippen molar-refractivity contribution in [2.45, 2.75) is 38.8 Å². The molecule has 6 nitrogen and oxygen atoms in total. The molecule has 0 saturated heterocycles. The fourth-order valence-corrected chi connectivity index (χ4v) is 4.37. The Balaban J connectivity index is 1.58. The summed E-state index contributed by atoms with van der Waals surface area (Å²) in [6.07, 6.45) is 5.43. The molecule has 2 heterocycles. The Bertz CT molecular complexity index is 1260. The van der Waals surface area contributed by atoms with Crippen molar-refractivity contribution in [1.29, 1.82) is 5.41 Å². The minimum absolute atomic E-state index is 0.0785. The first-order valence-corrected chi connectivity index (χ1v) is 11.3. The van der Waals surface area contributed by atoms with E-state index in [1.165, 1.54) is 0 Å². The van der Waals surface area contributed by atoms with Crippen molar-refractivity contribution < 1.29 is 23.0 Å². The molecular weight excluding hydrogens is 457 g/mol. The number of methoxy groups -OCH3 is 1. The van der Waals surface area contributed by atoms with Crippen LogP contribution in [0.1, 0.15) is 42.7 Å². The van der Waals surface area contributed by atoms with E-state index < -0.39 is 29.6 Å². The number of aliphatic hydroxyl groups is 1. The second-order valence-electron chi connectivity index (χ2n) is 8.64. The summed E-state index contributed by atoms with van der Waals surface area (Å²) in [5, 5.41) is 19.4. The minimum atomic E-state index is -1.58. The highest BCUT2D eigenvalue weighted by atomic mass is 19.2. The van der Waals surface area contributed by atoms with E-state index >= 15 is 0 Å². The Hall–Kier alpha value is -3.59. The molecular formula is C26H27F3N4O2. The summed E-state index contributed by atoms with van der Waals surface area (Å²) >= 11 is 0. The van der Waals surface area contributed by atoms with Gasteiger partial charge in [-0.25, -0.2) is 18.2 Å². The van der Waals surface area contributed by atoms with Crippen molar-refractivity contribution in [2.24, 2.45) is 0 Å². The summed E-state index contributed by atoms with van der Waals surface area (Å²) in [7, 11) is 1.60. The lowest BCUT2D eigenvalue weighted by Gasteiger charge is -2.33. The summed E-state index contributed by atoms with van der Waals surface area (Å²) in [6.45, 7) is 4.04. The zero-order valence-electron chi connectivity index (χ0n) is 19.7. The number of aliphatic hydroxyl groups excluding tert-OH is 1. The average Bonchev–Trinajstić information content (AvgIpc) is 3.18. The average molecular weight is 485 g/mol. The first-order chi connectivity index (χ1) is 16.7. The van der Waals surface area contributed by atoms with Crippen LogP contribution in [-0.4, -0.2) is 45.1 Å². The zero-order chi connectivity index (χ0) is 25.3. The molecule has 1 aliphatic rings. The van der Waals surface area contributed by atoms with Crippen LogP contribution in [0.15, 0.2) is 48.9 Å². The molecule has 2 unspecified atom stereocenters. The van der Waals surface area contributed by atoms with Crippen molar-refractivity contribution in [3.63, 3.8) is 0 Å². The highest BCUT2D eigenvalue weighted by Crippen LogP contribution is 2.32. The quantitative estimate of drug-likeness (QED) is 0.473. The number of aromatic nitrogens is 2. The monoisotopic (exact) mass is 484 g/mol. The van der Waals surface area contributed by atoms with Crippen molar-refractivity contribution >= 4 is 11.4 Å². The van der Waals surface area contributed by atoms with Crippen LogP contribution in [0.2, 0.25) is 0 Å². The summed E-state index contributed by atoms with van der Waals surface area (Å²) in [6, 6.07) is 6.73. The van der Waals surface area contributed by atoms with Crippen molar-refractivity contribution in [3.05, 3.63) is 83.2 Å². The number of nitrogens with one attached hydrogen (secondary N) is 1. The molecule has 0 radical (unpaired) electrons. The highest BCUT2D eigenvalue weighted by molar-refractivity contribution is 5.98. The van der Waals surface area contributed by atoms with Crippen molar-refractivity contribution in [2.75, 3.05) is 13.7 Å². The third-order valence-corrected chi connectivity index (χ3v) is 6.30. The van der Waals surface area contributed by atoms with Gasteiger partial charge in [-0.1, -0.05) is 6.07 Å².